The third-order valence-corrected chi connectivity index (χ3v) is 13.1. The molecule has 0 atom stereocenters. The molecular weight excluding hydrogens is 749 g/mol. The molecule has 2 aromatic heterocycles. The first-order valence-corrected chi connectivity index (χ1v) is 21.3. The van der Waals surface area contributed by atoms with E-state index in [0.717, 1.165) is 49.6 Å². The maximum atomic E-state index is 5.38. The van der Waals surface area contributed by atoms with Gasteiger partial charge in [-0.1, -0.05) is 200 Å². The third kappa shape index (κ3) is 5.17. The normalized spacial score (nSPS) is 11.9. The molecule has 2 nitrogen and oxygen atoms in total. The predicted molar refractivity (Wildman–Crippen MR) is 264 cm³/mol. The second-order valence-corrected chi connectivity index (χ2v) is 16.4. The van der Waals surface area contributed by atoms with Gasteiger partial charge in [0.15, 0.2) is 0 Å². The fourth-order valence-corrected chi connectivity index (χ4v) is 10.3. The van der Waals surface area contributed by atoms with Gasteiger partial charge in [-0.2, -0.15) is 0 Å². The monoisotopic (exact) mass is 784 g/mol. The van der Waals surface area contributed by atoms with Crippen LogP contribution in [0, 0.1) is 0 Å². The molecule has 2 heteroatoms. The SMILES string of the molecule is c1ccc2c(-c3c4ccccc4c(-c4cccc5ccccc45)c4cc(-c5cnc(-c6nc7ccccc7c7c6ccc6ccccc67)c6ccccc56)ccc34)cccc2c1. The molecule has 0 amide bonds. The van der Waals surface area contributed by atoms with Crippen molar-refractivity contribution in [2.75, 3.05) is 0 Å². The fourth-order valence-electron chi connectivity index (χ4n) is 10.3. The lowest BCUT2D eigenvalue weighted by atomic mass is 9.82. The average molecular weight is 785 g/mol. The van der Waals surface area contributed by atoms with Crippen molar-refractivity contribution >= 4 is 86.3 Å². The molecule has 0 spiro atoms. The highest BCUT2D eigenvalue weighted by atomic mass is 14.8. The van der Waals surface area contributed by atoms with E-state index >= 15 is 0 Å². The van der Waals surface area contributed by atoms with Crippen molar-refractivity contribution in [3.05, 3.63) is 219 Å². The minimum atomic E-state index is 0.886. The summed E-state index contributed by atoms with van der Waals surface area (Å²) in [5.41, 5.74) is 9.92. The minimum absolute atomic E-state index is 0.886. The third-order valence-electron chi connectivity index (χ3n) is 13.1. The van der Waals surface area contributed by atoms with E-state index in [2.05, 4.69) is 219 Å². The van der Waals surface area contributed by atoms with E-state index < -0.39 is 0 Å². The molecule has 2 heterocycles. The van der Waals surface area contributed by atoms with Crippen molar-refractivity contribution < 1.29 is 0 Å². The Kier molecular flexibility index (Phi) is 7.64. The van der Waals surface area contributed by atoms with Crippen LogP contribution in [0.5, 0.6) is 0 Å². The van der Waals surface area contributed by atoms with Crippen LogP contribution in [-0.4, -0.2) is 9.97 Å². The van der Waals surface area contributed by atoms with Crippen molar-refractivity contribution in [2.24, 2.45) is 0 Å². The van der Waals surface area contributed by atoms with Crippen LogP contribution in [0.15, 0.2) is 219 Å². The van der Waals surface area contributed by atoms with Crippen LogP contribution in [0.3, 0.4) is 0 Å². The molecule has 0 aliphatic rings. The van der Waals surface area contributed by atoms with Gasteiger partial charge in [-0.3, -0.25) is 4.98 Å². The molecular formula is C60H36N2. The van der Waals surface area contributed by atoms with E-state index in [1.807, 2.05) is 0 Å². The number of para-hydroxylation sites is 1. The van der Waals surface area contributed by atoms with Gasteiger partial charge in [-0.15, -0.1) is 0 Å². The number of hydrogen-bond donors (Lipinski definition) is 0. The summed E-state index contributed by atoms with van der Waals surface area (Å²) in [6.45, 7) is 0. The molecule has 13 rings (SSSR count). The van der Waals surface area contributed by atoms with Crippen molar-refractivity contribution in [3.8, 4) is 44.8 Å². The van der Waals surface area contributed by atoms with E-state index in [1.54, 1.807) is 0 Å². The molecule has 0 N–H and O–H groups in total. The van der Waals surface area contributed by atoms with Gasteiger partial charge in [0.1, 0.15) is 0 Å². The summed E-state index contributed by atoms with van der Waals surface area (Å²) >= 11 is 0. The highest BCUT2D eigenvalue weighted by molar-refractivity contribution is 6.27. The summed E-state index contributed by atoms with van der Waals surface area (Å²) in [5.74, 6) is 0. The van der Waals surface area contributed by atoms with Crippen LogP contribution >= 0.6 is 0 Å². The Balaban J connectivity index is 1.11. The van der Waals surface area contributed by atoms with Crippen LogP contribution in [0.2, 0.25) is 0 Å². The Hall–Kier alpha value is -8.20. The van der Waals surface area contributed by atoms with Crippen molar-refractivity contribution in [1.29, 1.82) is 0 Å². The quantitative estimate of drug-likeness (QED) is 0.131. The second kappa shape index (κ2) is 13.7. The average Bonchev–Trinajstić information content (AvgIpc) is 3.34. The number of pyridine rings is 2. The standard InChI is InChI=1S/C60H36N2/c1-4-20-41-37(15-1)18-13-28-45(41)57-47-24-8-9-25-48(47)58(46-29-14-19-38-16-2-5-21-42(38)46)53-35-40(32-33-49(53)57)54-36-61-59(50-26-10-7-23-44(50)54)60-52-34-31-39-17-3-6-22-43(39)56(52)51-27-11-12-30-55(51)62-60/h1-36H. The second-order valence-electron chi connectivity index (χ2n) is 16.4. The molecule has 62 heavy (non-hydrogen) atoms. The van der Waals surface area contributed by atoms with Crippen LogP contribution in [0.25, 0.3) is 131 Å². The Morgan fingerprint density at radius 1 is 0.274 bits per heavy atom. The highest BCUT2D eigenvalue weighted by Gasteiger charge is 2.22. The van der Waals surface area contributed by atoms with Gasteiger partial charge in [0.25, 0.3) is 0 Å². The van der Waals surface area contributed by atoms with Crippen LogP contribution in [-0.2, 0) is 0 Å². The minimum Gasteiger partial charge on any atom is -0.253 e. The largest absolute Gasteiger partial charge is 0.253 e. The molecule has 0 radical (unpaired) electrons. The zero-order valence-corrected chi connectivity index (χ0v) is 33.7. The van der Waals surface area contributed by atoms with Crippen molar-refractivity contribution in [1.82, 2.24) is 9.97 Å². The number of rotatable bonds is 4. The number of fused-ring (bicyclic) bond motifs is 10. The maximum absolute atomic E-state index is 5.38. The maximum Gasteiger partial charge on any atom is 0.0978 e. The molecule has 286 valence electrons. The summed E-state index contributed by atoms with van der Waals surface area (Å²) in [5, 5.41) is 18.0. The summed E-state index contributed by atoms with van der Waals surface area (Å²) in [7, 11) is 0. The van der Waals surface area contributed by atoms with Gasteiger partial charge in [0.05, 0.1) is 16.9 Å². The van der Waals surface area contributed by atoms with E-state index in [1.165, 1.54) is 81.5 Å². The Morgan fingerprint density at radius 3 is 1.44 bits per heavy atom. The smallest absolute Gasteiger partial charge is 0.0978 e. The van der Waals surface area contributed by atoms with Gasteiger partial charge in [0, 0.05) is 33.3 Å². The summed E-state index contributed by atoms with van der Waals surface area (Å²) in [6, 6.07) is 77.3. The number of hydrogen-bond acceptors (Lipinski definition) is 2. The molecule has 11 aromatic carbocycles. The van der Waals surface area contributed by atoms with Gasteiger partial charge in [0.2, 0.25) is 0 Å². The molecule has 0 saturated heterocycles. The first-order valence-electron chi connectivity index (χ1n) is 21.3. The topological polar surface area (TPSA) is 25.8 Å². The Labute approximate surface area is 358 Å². The number of aromatic nitrogens is 2. The van der Waals surface area contributed by atoms with Gasteiger partial charge in [-0.05, 0) is 99.2 Å². The van der Waals surface area contributed by atoms with Gasteiger partial charge < -0.3 is 0 Å². The Morgan fingerprint density at radius 2 is 0.758 bits per heavy atom. The summed E-state index contributed by atoms with van der Waals surface area (Å²) < 4.78 is 0. The van der Waals surface area contributed by atoms with E-state index in [9.17, 15) is 0 Å². The fraction of sp³-hybridized carbons (Fsp3) is 0. The predicted octanol–water partition coefficient (Wildman–Crippen LogP) is 16.4. The molecule has 0 aliphatic heterocycles. The molecule has 0 saturated carbocycles. The lowest BCUT2D eigenvalue weighted by Gasteiger charge is -2.21. The Bertz CT molecular complexity index is 3970. The molecule has 13 aromatic rings. The highest BCUT2D eigenvalue weighted by Crippen LogP contribution is 2.48. The number of benzene rings is 11. The van der Waals surface area contributed by atoms with Crippen molar-refractivity contribution in [3.63, 3.8) is 0 Å². The number of nitrogens with zero attached hydrogens (tertiary/aromatic N) is 2. The van der Waals surface area contributed by atoms with Crippen LogP contribution in [0.4, 0.5) is 0 Å². The molecule has 0 aliphatic carbocycles. The van der Waals surface area contributed by atoms with E-state index in [0.29, 0.717) is 0 Å². The van der Waals surface area contributed by atoms with Gasteiger partial charge in [-0.25, -0.2) is 4.98 Å². The van der Waals surface area contributed by atoms with Crippen molar-refractivity contribution in [2.45, 2.75) is 0 Å². The zero-order valence-electron chi connectivity index (χ0n) is 33.7. The summed E-state index contributed by atoms with van der Waals surface area (Å²) in [4.78, 5) is 10.7. The van der Waals surface area contributed by atoms with Crippen LogP contribution < -0.4 is 0 Å². The van der Waals surface area contributed by atoms with E-state index in [4.69, 9.17) is 9.97 Å². The van der Waals surface area contributed by atoms with Gasteiger partial charge >= 0.3 is 0 Å². The first-order chi connectivity index (χ1) is 30.8. The summed E-state index contributed by atoms with van der Waals surface area (Å²) in [6.07, 6.45) is 2.08. The van der Waals surface area contributed by atoms with Crippen LogP contribution in [0.1, 0.15) is 0 Å². The lowest BCUT2D eigenvalue weighted by molar-refractivity contribution is 1.31. The van der Waals surface area contributed by atoms with E-state index in [-0.39, 0.29) is 0 Å². The molecule has 0 unspecified atom stereocenters. The zero-order chi connectivity index (χ0) is 40.7. The molecule has 0 fully saturated rings. The lowest BCUT2D eigenvalue weighted by Crippen LogP contribution is -1.96. The molecule has 0 bridgehead atoms. The first kappa shape index (κ1) is 34.6.